The van der Waals surface area contributed by atoms with Crippen LogP contribution in [-0.2, 0) is 0 Å². The van der Waals surface area contributed by atoms with Gasteiger partial charge < -0.3 is 25.4 Å². The highest BCUT2D eigenvalue weighted by molar-refractivity contribution is 6.34. The van der Waals surface area contributed by atoms with Gasteiger partial charge in [0.1, 0.15) is 13.2 Å². The Morgan fingerprint density at radius 3 is 2.48 bits per heavy atom. The summed E-state index contributed by atoms with van der Waals surface area (Å²) in [6.07, 6.45) is 9.21. The average molecular weight is 472 g/mol. The number of likely N-dealkylation sites (tertiary alicyclic amines) is 1. The molecule has 3 N–H and O–H groups in total. The minimum Gasteiger partial charge on any atom is -0.485 e. The van der Waals surface area contributed by atoms with Crippen LogP contribution in [0.15, 0.2) is 6.07 Å². The van der Waals surface area contributed by atoms with Crippen molar-refractivity contribution in [2.75, 3.05) is 38.6 Å². The number of hydrogen-bond acceptors (Lipinski definition) is 5. The third kappa shape index (κ3) is 5.52. The molecule has 31 heavy (non-hydrogen) atoms. The molecule has 1 aromatic carbocycles. The van der Waals surface area contributed by atoms with Crippen molar-refractivity contribution in [3.8, 4) is 11.5 Å². The summed E-state index contributed by atoms with van der Waals surface area (Å²) < 4.78 is 11.3. The molecule has 1 unspecified atom stereocenters. The van der Waals surface area contributed by atoms with Gasteiger partial charge in [-0.25, -0.2) is 0 Å². The number of rotatable bonds is 5. The second kappa shape index (κ2) is 11.0. The molecule has 0 radical (unpaired) electrons. The van der Waals surface area contributed by atoms with Crippen LogP contribution < -0.4 is 20.5 Å². The number of nitrogens with one attached hydrogen (secondary N) is 1. The lowest BCUT2D eigenvalue weighted by Crippen LogP contribution is -2.45. The molecule has 6 nitrogen and oxygen atoms in total. The minimum atomic E-state index is -0.184. The second-order valence-corrected chi connectivity index (χ2v) is 9.41. The first-order chi connectivity index (χ1) is 14.5. The van der Waals surface area contributed by atoms with Gasteiger partial charge in [0.05, 0.1) is 16.3 Å². The molecule has 1 aliphatic carbocycles. The van der Waals surface area contributed by atoms with E-state index in [2.05, 4.69) is 17.1 Å². The van der Waals surface area contributed by atoms with Crippen LogP contribution >= 0.6 is 24.0 Å². The number of amides is 1. The molecule has 0 spiro atoms. The van der Waals surface area contributed by atoms with Crippen LogP contribution in [-0.4, -0.2) is 49.7 Å². The van der Waals surface area contributed by atoms with Gasteiger partial charge in [-0.05, 0) is 63.6 Å². The van der Waals surface area contributed by atoms with E-state index < -0.39 is 0 Å². The summed E-state index contributed by atoms with van der Waals surface area (Å²) in [7, 11) is 0. The van der Waals surface area contributed by atoms with Crippen molar-refractivity contribution >= 4 is 35.6 Å². The van der Waals surface area contributed by atoms with Gasteiger partial charge in [0.2, 0.25) is 0 Å². The summed E-state index contributed by atoms with van der Waals surface area (Å²) in [5.41, 5.74) is 6.70. The van der Waals surface area contributed by atoms with E-state index in [1.54, 1.807) is 6.07 Å². The molecule has 2 fully saturated rings. The molecule has 1 saturated heterocycles. The molecular formula is C23H35Cl2N3O3. The van der Waals surface area contributed by atoms with E-state index in [1.165, 1.54) is 32.1 Å². The fourth-order valence-corrected chi connectivity index (χ4v) is 5.37. The molecule has 1 aromatic rings. The number of benzene rings is 1. The highest BCUT2D eigenvalue weighted by Crippen LogP contribution is 2.43. The number of piperidine rings is 1. The number of ether oxygens (including phenoxy) is 2. The summed E-state index contributed by atoms with van der Waals surface area (Å²) in [6, 6.07) is 2.26. The highest BCUT2D eigenvalue weighted by Gasteiger charge is 2.29. The van der Waals surface area contributed by atoms with Crippen LogP contribution in [0.5, 0.6) is 11.5 Å². The van der Waals surface area contributed by atoms with Crippen molar-refractivity contribution < 1.29 is 14.3 Å². The molecule has 1 saturated carbocycles. The topological polar surface area (TPSA) is 76.8 Å². The quantitative estimate of drug-likeness (QED) is 0.616. The van der Waals surface area contributed by atoms with Gasteiger partial charge in [0.25, 0.3) is 5.91 Å². The molecule has 8 heteroatoms. The number of halogens is 2. The molecule has 0 bridgehead atoms. The summed E-state index contributed by atoms with van der Waals surface area (Å²) >= 11 is 6.21. The largest absolute Gasteiger partial charge is 0.485 e. The maximum Gasteiger partial charge on any atom is 0.255 e. The third-order valence-corrected chi connectivity index (χ3v) is 7.47. The lowest BCUT2D eigenvalue weighted by molar-refractivity contribution is 0.0833. The SMILES string of the molecule is CC(C1CCCCC1)N1CCC(CNC(=O)c2cc(Cl)c(N)c3c2OCCO3)CC1.Cl. The van der Waals surface area contributed by atoms with E-state index in [1.807, 2.05) is 0 Å². The first-order valence-corrected chi connectivity index (χ1v) is 11.8. The molecule has 3 aliphatic rings. The molecule has 0 aromatic heterocycles. The van der Waals surface area contributed by atoms with Gasteiger partial charge in [0.15, 0.2) is 11.5 Å². The lowest BCUT2D eigenvalue weighted by atomic mass is 9.83. The van der Waals surface area contributed by atoms with Crippen molar-refractivity contribution in [3.05, 3.63) is 16.7 Å². The van der Waals surface area contributed by atoms with E-state index in [-0.39, 0.29) is 18.3 Å². The van der Waals surface area contributed by atoms with Crippen LogP contribution in [0.3, 0.4) is 0 Å². The molecule has 4 rings (SSSR count). The van der Waals surface area contributed by atoms with Crippen LogP contribution in [0.4, 0.5) is 5.69 Å². The standard InChI is InChI=1S/C23H34ClN3O3.ClH/c1-15(17-5-3-2-4-6-17)27-9-7-16(8-10-27)14-26-23(28)18-13-19(24)20(25)22-21(18)29-11-12-30-22;/h13,15-17H,2-12,14,25H2,1H3,(H,26,28);1H. The fraction of sp³-hybridized carbons (Fsp3) is 0.696. The van der Waals surface area contributed by atoms with E-state index >= 15 is 0 Å². The van der Waals surface area contributed by atoms with Crippen molar-refractivity contribution in [2.45, 2.75) is 57.9 Å². The van der Waals surface area contributed by atoms with Crippen molar-refractivity contribution in [2.24, 2.45) is 11.8 Å². The number of nitrogens with two attached hydrogens (primary N) is 1. The zero-order chi connectivity index (χ0) is 21.1. The van der Waals surface area contributed by atoms with Crippen molar-refractivity contribution in [1.29, 1.82) is 0 Å². The van der Waals surface area contributed by atoms with Gasteiger partial charge in [-0.15, -0.1) is 12.4 Å². The van der Waals surface area contributed by atoms with Gasteiger partial charge in [0, 0.05) is 12.6 Å². The molecule has 2 heterocycles. The Kier molecular flexibility index (Phi) is 8.59. The predicted molar refractivity (Wildman–Crippen MR) is 127 cm³/mol. The highest BCUT2D eigenvalue weighted by atomic mass is 35.5. The van der Waals surface area contributed by atoms with Crippen LogP contribution in [0.2, 0.25) is 5.02 Å². The maximum absolute atomic E-state index is 12.8. The number of fused-ring (bicyclic) bond motifs is 1. The molecule has 174 valence electrons. The summed E-state index contributed by atoms with van der Waals surface area (Å²) in [4.78, 5) is 15.5. The van der Waals surface area contributed by atoms with E-state index in [4.69, 9.17) is 26.8 Å². The van der Waals surface area contributed by atoms with E-state index in [0.29, 0.717) is 59.5 Å². The second-order valence-electron chi connectivity index (χ2n) is 9.00. The molecule has 2 aliphatic heterocycles. The Morgan fingerprint density at radius 2 is 1.81 bits per heavy atom. The Hall–Kier alpha value is -1.37. The van der Waals surface area contributed by atoms with Gasteiger partial charge in [-0.3, -0.25) is 4.79 Å². The number of anilines is 1. The molecule has 1 amide bonds. The Balaban J connectivity index is 0.00000272. The zero-order valence-electron chi connectivity index (χ0n) is 18.3. The Morgan fingerprint density at radius 1 is 1.16 bits per heavy atom. The average Bonchev–Trinajstić information content (AvgIpc) is 2.80. The van der Waals surface area contributed by atoms with Crippen molar-refractivity contribution in [1.82, 2.24) is 10.2 Å². The van der Waals surface area contributed by atoms with E-state index in [9.17, 15) is 4.79 Å². The smallest absolute Gasteiger partial charge is 0.255 e. The first-order valence-electron chi connectivity index (χ1n) is 11.4. The molecule has 1 atom stereocenters. The third-order valence-electron chi connectivity index (χ3n) is 7.15. The number of carbonyl (C=O) groups excluding carboxylic acids is 1. The lowest BCUT2D eigenvalue weighted by Gasteiger charge is -2.40. The summed E-state index contributed by atoms with van der Waals surface area (Å²) in [5, 5.41) is 3.39. The maximum atomic E-state index is 12.8. The Labute approximate surface area is 196 Å². The van der Waals surface area contributed by atoms with Crippen molar-refractivity contribution in [3.63, 3.8) is 0 Å². The number of nitrogens with zero attached hydrogens (tertiary/aromatic N) is 1. The fourth-order valence-electron chi connectivity index (χ4n) is 5.18. The van der Waals surface area contributed by atoms with Crippen LogP contribution in [0.25, 0.3) is 0 Å². The van der Waals surface area contributed by atoms with Gasteiger partial charge in [-0.1, -0.05) is 30.9 Å². The van der Waals surface area contributed by atoms with Gasteiger partial charge in [-0.2, -0.15) is 0 Å². The van der Waals surface area contributed by atoms with E-state index in [0.717, 1.165) is 31.8 Å². The first kappa shape index (κ1) is 24.3. The summed E-state index contributed by atoms with van der Waals surface area (Å²) in [6.45, 7) is 6.12. The van der Waals surface area contributed by atoms with Crippen LogP contribution in [0.1, 0.15) is 62.2 Å². The Bertz CT molecular complexity index is 763. The molecular weight excluding hydrogens is 437 g/mol. The number of carbonyl (C=O) groups is 1. The summed E-state index contributed by atoms with van der Waals surface area (Å²) in [5.74, 6) is 1.96. The number of nitrogen functional groups attached to an aromatic ring is 1. The van der Waals surface area contributed by atoms with Gasteiger partial charge >= 0.3 is 0 Å². The minimum absolute atomic E-state index is 0. The predicted octanol–water partition coefficient (Wildman–Crippen LogP) is 4.53. The number of hydrogen-bond donors (Lipinski definition) is 2. The van der Waals surface area contributed by atoms with Crippen LogP contribution in [0, 0.1) is 11.8 Å². The normalized spacial score (nSPS) is 21.2. The zero-order valence-corrected chi connectivity index (χ0v) is 19.9. The monoisotopic (exact) mass is 471 g/mol.